The topological polar surface area (TPSA) is 341 Å². The lowest BCUT2D eigenvalue weighted by Gasteiger charge is -2.38. The van der Waals surface area contributed by atoms with Crippen molar-refractivity contribution in [2.45, 2.75) is 131 Å². The van der Waals surface area contributed by atoms with Gasteiger partial charge >= 0.3 is 17.8 Å². The van der Waals surface area contributed by atoms with E-state index in [0.717, 1.165) is 6.42 Å². The Bertz CT molecular complexity index is 4130. The smallest absolute Gasteiger partial charge is 0.410 e. The largest absolute Gasteiger partial charge is 0.507 e. The second-order valence-electron chi connectivity index (χ2n) is 26.4. The van der Waals surface area contributed by atoms with E-state index in [1.165, 1.54) is 62.2 Å². The zero-order valence-electron chi connectivity index (χ0n) is 56.5. The molecule has 98 heavy (non-hydrogen) atoms. The molecule has 0 aromatic heterocycles. The molecule has 7 aliphatic rings. The van der Waals surface area contributed by atoms with Crippen LogP contribution in [0.2, 0.25) is 0 Å². The predicted molar refractivity (Wildman–Crippen MR) is 361 cm³/mol. The minimum Gasteiger partial charge on any atom is -0.507 e. The van der Waals surface area contributed by atoms with Gasteiger partial charge in [0.25, 0.3) is 23.5 Å². The van der Waals surface area contributed by atoms with E-state index >= 15 is 4.79 Å². The Kier molecular flexibility index (Phi) is 21.4. The zero-order chi connectivity index (χ0) is 70.5. The van der Waals surface area contributed by atoms with E-state index in [2.05, 4.69) is 35.1 Å². The Balaban J connectivity index is 0.812. The molecule has 2 fully saturated rings. The van der Waals surface area contributed by atoms with Gasteiger partial charge in [-0.25, -0.2) is 9.78 Å². The van der Waals surface area contributed by atoms with Gasteiger partial charge in [0.15, 0.2) is 11.3 Å². The molecular formula is C72H84N8O18. The molecule has 520 valence electrons. The van der Waals surface area contributed by atoms with Crippen molar-refractivity contribution >= 4 is 92.2 Å². The Hall–Kier alpha value is -10.1. The molecule has 1 saturated carbocycles. The molecule has 0 radical (unpaired) electrons. The number of unbranched alkanes of at least 4 members (excludes halogenated alkanes) is 2. The number of rotatable bonds is 16. The summed E-state index contributed by atoms with van der Waals surface area (Å²) >= 11 is 0. The van der Waals surface area contributed by atoms with Gasteiger partial charge in [-0.15, -0.1) is 0 Å². The summed E-state index contributed by atoms with van der Waals surface area (Å²) in [6, 6.07) is 9.63. The third-order valence-electron chi connectivity index (χ3n) is 19.1. The number of methoxy groups -OCH3 is 1. The van der Waals surface area contributed by atoms with Gasteiger partial charge in [-0.1, -0.05) is 64.5 Å². The average Bonchev–Trinajstić information content (AvgIpc) is 1.38. The first-order valence-corrected chi connectivity index (χ1v) is 33.1. The van der Waals surface area contributed by atoms with E-state index < -0.39 is 87.7 Å². The number of aromatic nitrogens is 1. The Morgan fingerprint density at radius 2 is 1.56 bits per heavy atom. The summed E-state index contributed by atoms with van der Waals surface area (Å²) < 4.78 is 36.5. The number of anilines is 3. The maximum Gasteiger partial charge on any atom is 0.410 e. The molecule has 6 N–H and O–H groups in total. The van der Waals surface area contributed by atoms with Crippen molar-refractivity contribution in [3.63, 3.8) is 0 Å². The first-order valence-electron chi connectivity index (χ1n) is 33.1. The summed E-state index contributed by atoms with van der Waals surface area (Å²) in [6.07, 6.45) is 13.5. The molecule has 5 aliphatic heterocycles. The van der Waals surface area contributed by atoms with E-state index in [0.29, 0.717) is 68.4 Å². The van der Waals surface area contributed by atoms with Gasteiger partial charge in [0.05, 0.1) is 29.9 Å². The van der Waals surface area contributed by atoms with E-state index in [1.807, 2.05) is 24.8 Å². The second kappa shape index (κ2) is 29.7. The molecule has 3 aromatic carbocycles. The molecule has 10 rings (SSSR count). The van der Waals surface area contributed by atoms with Crippen molar-refractivity contribution in [3.8, 4) is 28.7 Å². The third kappa shape index (κ3) is 14.9. The van der Waals surface area contributed by atoms with Gasteiger partial charge in [0.2, 0.25) is 23.2 Å². The fraction of sp³-hybridized carbons (Fsp3) is 0.458. The van der Waals surface area contributed by atoms with Crippen LogP contribution in [-0.2, 0) is 59.1 Å². The fourth-order valence-corrected chi connectivity index (χ4v) is 13.5. The van der Waals surface area contributed by atoms with Crippen LogP contribution >= 0.6 is 0 Å². The summed E-state index contributed by atoms with van der Waals surface area (Å²) in [7, 11) is 1.51. The number of phenols is 2. The van der Waals surface area contributed by atoms with Crippen LogP contribution in [0.5, 0.6) is 17.2 Å². The normalized spacial score (nSPS) is 23.9. The number of allylic oxidation sites excluding steroid dienone is 3. The Morgan fingerprint density at radius 1 is 0.857 bits per heavy atom. The number of amides is 7. The number of carbonyl (C=O) groups is 9. The number of aromatic hydroxyl groups is 2. The number of ether oxygens (including phenoxy) is 5. The maximum atomic E-state index is 15.1. The Morgan fingerprint density at radius 3 is 2.23 bits per heavy atom. The molecule has 26 nitrogen and oxygen atoms in total. The van der Waals surface area contributed by atoms with Crippen LogP contribution in [0.4, 0.5) is 21.9 Å². The summed E-state index contributed by atoms with van der Waals surface area (Å²) in [5.41, 5.74) is -1.37. The number of carbonyl (C=O) groups excluding carboxylic acids is 9. The highest BCUT2D eigenvalue weighted by atomic mass is 16.7. The fourth-order valence-electron chi connectivity index (χ4n) is 13.5. The van der Waals surface area contributed by atoms with Crippen molar-refractivity contribution in [1.29, 1.82) is 0 Å². The summed E-state index contributed by atoms with van der Waals surface area (Å²) in [6.45, 7) is 15.0. The summed E-state index contributed by atoms with van der Waals surface area (Å²) in [5, 5.41) is 34.2. The van der Waals surface area contributed by atoms with Crippen molar-refractivity contribution in [2.75, 3.05) is 68.5 Å². The monoisotopic (exact) mass is 1350 g/mol. The number of phenolic OH excluding ortho intramolecular Hbond substituents is 2. The van der Waals surface area contributed by atoms with E-state index in [4.69, 9.17) is 33.1 Å². The van der Waals surface area contributed by atoms with Crippen LogP contribution in [0, 0.1) is 36.0 Å². The average molecular weight is 1350 g/mol. The number of ketones is 1. The molecule has 26 heteroatoms. The third-order valence-corrected chi connectivity index (χ3v) is 19.1. The number of benzene rings is 4. The molecule has 7 atom stereocenters. The zero-order valence-corrected chi connectivity index (χ0v) is 56.5. The number of piperazine rings is 1. The summed E-state index contributed by atoms with van der Waals surface area (Å²) in [5.74, 6) is -7.72. The van der Waals surface area contributed by atoms with Crippen LogP contribution < -0.4 is 36.3 Å². The maximum absolute atomic E-state index is 15.1. The Labute approximate surface area is 566 Å². The molecule has 1 saturated heterocycles. The van der Waals surface area contributed by atoms with Crippen molar-refractivity contribution in [1.82, 2.24) is 25.4 Å². The van der Waals surface area contributed by atoms with Gasteiger partial charge < -0.3 is 69.4 Å². The summed E-state index contributed by atoms with van der Waals surface area (Å²) in [4.78, 5) is 143. The van der Waals surface area contributed by atoms with E-state index in [9.17, 15) is 53.4 Å². The second-order valence-corrected chi connectivity index (χ2v) is 26.4. The molecular weight excluding hydrogens is 1260 g/mol. The van der Waals surface area contributed by atoms with Crippen molar-refractivity contribution in [3.05, 3.63) is 112 Å². The van der Waals surface area contributed by atoms with Gasteiger partial charge in [-0.2, -0.15) is 0 Å². The standard InChI is InChI=1S/C72H84N8O18/c1-39-15-13-16-41(3)67(89)77-60-62(87)56-55(57-64(44(6)61(56)86)98-71(8,66(57)88)95-32-23-50(93-9)43(5)63(96-45(7)81)42(4)34-40(2)33-39)59-65(60)97-51-36-48(35-49(82)58(51)76-59)78-28-30-79(31-29-78)70(92)94-38-46-17-19-47(20-18-46)75-52(83)37-74-69(91)72(24-14-25-72)68(90)73-26-11-10-12-27-80-53(84)21-22-54(80)85/h13,15-23,32,35-36,39-40,42-43,50,63,82,86H,10-12,14,24-31,33-34,37-38H2,1-9H3,(H,73,90)(H,74,91)(H,75,83)(H,77,89)/b15-13+,32-23+,41-16-/t39-,40+,42+,43+,50-,63-,71-/m0/s1. The number of imide groups is 1. The number of nitrogens with one attached hydrogen (secondary N) is 4. The lowest BCUT2D eigenvalue weighted by atomic mass is 9.67. The number of Topliss-reactive ketones (excluding diaryl/α,β-unsaturated/α-hetero) is 1. The minimum atomic E-state index is -2.09. The van der Waals surface area contributed by atoms with Gasteiger partial charge in [0.1, 0.15) is 52.3 Å². The van der Waals surface area contributed by atoms with Crippen LogP contribution in [0.15, 0.2) is 93.9 Å². The van der Waals surface area contributed by atoms with E-state index in [1.54, 1.807) is 55.5 Å². The van der Waals surface area contributed by atoms with Crippen molar-refractivity contribution < 1.29 is 81.5 Å². The quantitative estimate of drug-likeness (QED) is 0.0134. The minimum absolute atomic E-state index is 0.0114. The van der Waals surface area contributed by atoms with Crippen LogP contribution in [0.3, 0.4) is 0 Å². The predicted octanol–water partition coefficient (Wildman–Crippen LogP) is 8.61. The molecule has 2 aliphatic carbocycles. The highest BCUT2D eigenvalue weighted by molar-refractivity contribution is 6.22. The first-order chi connectivity index (χ1) is 46.7. The number of esters is 1. The van der Waals surface area contributed by atoms with Crippen LogP contribution in [0.1, 0.15) is 121 Å². The first kappa shape index (κ1) is 70.7. The lowest BCUT2D eigenvalue weighted by Crippen LogP contribution is -2.56. The highest BCUT2D eigenvalue weighted by Gasteiger charge is 2.52. The number of hydrogen-bond acceptors (Lipinski definition) is 20. The molecule has 4 bridgehead atoms. The van der Waals surface area contributed by atoms with Gasteiger partial charge in [-0.05, 0) is 100 Å². The number of fused-ring (bicyclic) bond motifs is 2. The van der Waals surface area contributed by atoms with E-state index in [-0.39, 0.29) is 137 Å². The van der Waals surface area contributed by atoms with Crippen molar-refractivity contribution in [2.24, 2.45) is 29.1 Å². The lowest BCUT2D eigenvalue weighted by molar-refractivity contribution is -0.155. The number of hydrogen-bond donors (Lipinski definition) is 6. The number of nitrogens with zero attached hydrogens (tertiary/aromatic N) is 4. The van der Waals surface area contributed by atoms with Crippen LogP contribution in [-0.4, -0.2) is 149 Å². The highest BCUT2D eigenvalue weighted by Crippen LogP contribution is 2.51. The molecule has 7 amide bonds. The SMILES string of the molecule is CO[C@H]1/C=C/O[C@@]2(C)Oc3c(C)c(O)c4c(=O)c(c5oc6cc(N7CCN(C(=O)OCc8ccc(NC(=O)CNC(=O)C9(C(=O)NCCCCCN%10C(=O)C=CC%10=O)CCC9)cc8)CC7)cc(O)c6nc-5c4c3C2=O)NC(=O)/C(C)=C\C=C\[C@H](C)C[C@@H](C)C[C@@H](C)[C@H](OC(C)=O)[C@@H]1C. The molecule has 3 aromatic rings. The molecule has 5 heterocycles. The molecule has 0 spiro atoms. The molecule has 0 unspecified atom stereocenters. The van der Waals surface area contributed by atoms with Gasteiger partial charge in [0, 0.05) is 118 Å². The van der Waals surface area contributed by atoms with Gasteiger partial charge in [-0.3, -0.25) is 48.1 Å². The van der Waals surface area contributed by atoms with Crippen LogP contribution in [0.25, 0.3) is 33.3 Å².